The van der Waals surface area contributed by atoms with Crippen molar-refractivity contribution in [2.75, 3.05) is 13.2 Å². The molecule has 0 amide bonds. The molecule has 0 spiro atoms. The Morgan fingerprint density at radius 3 is 1.38 bits per heavy atom. The predicted octanol–water partition coefficient (Wildman–Crippen LogP) is 3.55. The third kappa shape index (κ3) is 5.23. The lowest BCUT2D eigenvalue weighted by Crippen LogP contribution is -2.36. The molecule has 8 heteroatoms. The second-order valence-corrected chi connectivity index (χ2v) is 7.34. The zero-order valence-electron chi connectivity index (χ0n) is 19.3. The first-order valence-corrected chi connectivity index (χ1v) is 10.7. The van der Waals surface area contributed by atoms with Crippen molar-refractivity contribution in [3.05, 3.63) is 82.3 Å². The summed E-state index contributed by atoms with van der Waals surface area (Å²) in [5.74, 6) is -5.06. The number of Topliss-reactive ketones (excluding diaryl/α,β-unsaturated/α-hetero) is 2. The SMILES string of the molecule is CCOC(=O)C1=C(Oc2cccc(C)c2)C(=O)C(C(=O)OCC)=C(Oc2cccc(C)c2)C1=O. The van der Waals surface area contributed by atoms with Gasteiger partial charge in [-0.2, -0.15) is 0 Å². The molecule has 3 rings (SSSR count). The Morgan fingerprint density at radius 2 is 1.06 bits per heavy atom. The number of hydrogen-bond donors (Lipinski definition) is 0. The van der Waals surface area contributed by atoms with Gasteiger partial charge >= 0.3 is 11.9 Å². The number of aryl methyl sites for hydroxylation is 2. The molecule has 0 N–H and O–H groups in total. The monoisotopic (exact) mass is 464 g/mol. The van der Waals surface area contributed by atoms with Crippen LogP contribution in [-0.4, -0.2) is 36.7 Å². The molecule has 34 heavy (non-hydrogen) atoms. The van der Waals surface area contributed by atoms with Crippen LogP contribution in [0.15, 0.2) is 71.2 Å². The Balaban J connectivity index is 2.18. The Morgan fingerprint density at radius 1 is 0.676 bits per heavy atom. The van der Waals surface area contributed by atoms with Crippen LogP contribution in [0.5, 0.6) is 11.5 Å². The number of benzene rings is 2. The van der Waals surface area contributed by atoms with Crippen molar-refractivity contribution in [3.63, 3.8) is 0 Å². The highest BCUT2D eigenvalue weighted by Gasteiger charge is 2.45. The summed E-state index contributed by atoms with van der Waals surface area (Å²) in [5.41, 5.74) is 0.304. The molecule has 1 aliphatic carbocycles. The number of allylic oxidation sites excluding steroid dienone is 2. The molecule has 2 aromatic rings. The zero-order chi connectivity index (χ0) is 24.8. The van der Waals surface area contributed by atoms with Crippen LogP contribution < -0.4 is 9.47 Å². The van der Waals surface area contributed by atoms with Gasteiger partial charge in [0, 0.05) is 0 Å². The molecule has 1 aliphatic rings. The average Bonchev–Trinajstić information content (AvgIpc) is 2.77. The molecule has 0 unspecified atom stereocenters. The summed E-state index contributed by atoms with van der Waals surface area (Å²) in [6.45, 7) is 6.61. The zero-order valence-corrected chi connectivity index (χ0v) is 19.3. The van der Waals surface area contributed by atoms with Crippen molar-refractivity contribution >= 4 is 23.5 Å². The first-order chi connectivity index (χ1) is 16.3. The number of carbonyl (C=O) groups is 4. The molecule has 0 aliphatic heterocycles. The summed E-state index contributed by atoms with van der Waals surface area (Å²) in [5, 5.41) is 0. The maximum Gasteiger partial charge on any atom is 0.346 e. The fraction of sp³-hybridized carbons (Fsp3) is 0.231. The maximum absolute atomic E-state index is 13.5. The average molecular weight is 464 g/mol. The van der Waals surface area contributed by atoms with Crippen LogP contribution in [-0.2, 0) is 28.7 Å². The van der Waals surface area contributed by atoms with Crippen LogP contribution in [0, 0.1) is 13.8 Å². The summed E-state index contributed by atoms with van der Waals surface area (Å²) in [7, 11) is 0. The number of esters is 2. The number of ketones is 2. The van der Waals surface area contributed by atoms with E-state index in [-0.39, 0.29) is 24.7 Å². The van der Waals surface area contributed by atoms with Gasteiger partial charge in [-0.1, -0.05) is 24.3 Å². The molecule has 176 valence electrons. The van der Waals surface area contributed by atoms with E-state index in [4.69, 9.17) is 18.9 Å². The van der Waals surface area contributed by atoms with Crippen LogP contribution in [0.1, 0.15) is 25.0 Å². The van der Waals surface area contributed by atoms with Crippen LogP contribution >= 0.6 is 0 Å². The maximum atomic E-state index is 13.5. The number of ether oxygens (including phenoxy) is 4. The van der Waals surface area contributed by atoms with E-state index >= 15 is 0 Å². The molecular weight excluding hydrogens is 440 g/mol. The summed E-state index contributed by atoms with van der Waals surface area (Å²) >= 11 is 0. The van der Waals surface area contributed by atoms with Crippen molar-refractivity contribution in [1.82, 2.24) is 0 Å². The Kier molecular flexibility index (Phi) is 7.63. The van der Waals surface area contributed by atoms with E-state index in [1.807, 2.05) is 0 Å². The highest BCUT2D eigenvalue weighted by molar-refractivity contribution is 6.38. The molecule has 0 saturated carbocycles. The van der Waals surface area contributed by atoms with Crippen molar-refractivity contribution in [1.29, 1.82) is 0 Å². The van der Waals surface area contributed by atoms with E-state index in [0.717, 1.165) is 11.1 Å². The van der Waals surface area contributed by atoms with E-state index in [0.29, 0.717) is 0 Å². The lowest BCUT2D eigenvalue weighted by atomic mass is 9.92. The Hall–Kier alpha value is -4.20. The highest BCUT2D eigenvalue weighted by atomic mass is 16.5. The fourth-order valence-electron chi connectivity index (χ4n) is 3.23. The Bertz CT molecular complexity index is 1120. The summed E-state index contributed by atoms with van der Waals surface area (Å²) in [6, 6.07) is 13.3. The fourth-order valence-corrected chi connectivity index (χ4v) is 3.23. The van der Waals surface area contributed by atoms with Gasteiger partial charge in [-0.25, -0.2) is 9.59 Å². The third-order valence-corrected chi connectivity index (χ3v) is 4.70. The highest BCUT2D eigenvalue weighted by Crippen LogP contribution is 2.31. The van der Waals surface area contributed by atoms with Gasteiger partial charge in [0.2, 0.25) is 11.6 Å². The van der Waals surface area contributed by atoms with Crippen LogP contribution in [0.2, 0.25) is 0 Å². The number of rotatable bonds is 8. The van der Waals surface area contributed by atoms with Gasteiger partial charge in [0.25, 0.3) is 0 Å². The first kappa shape index (κ1) is 24.4. The number of hydrogen-bond acceptors (Lipinski definition) is 8. The smallest absolute Gasteiger partial charge is 0.346 e. The summed E-state index contributed by atoms with van der Waals surface area (Å²) < 4.78 is 21.4. The molecular formula is C26H24O8. The molecule has 0 fully saturated rings. The quantitative estimate of drug-likeness (QED) is 0.332. The lowest BCUT2D eigenvalue weighted by Gasteiger charge is -2.22. The van der Waals surface area contributed by atoms with E-state index in [1.165, 1.54) is 0 Å². The number of carbonyl (C=O) groups excluding carboxylic acids is 4. The van der Waals surface area contributed by atoms with Crippen LogP contribution in [0.4, 0.5) is 0 Å². The van der Waals surface area contributed by atoms with Crippen molar-refractivity contribution in [2.45, 2.75) is 27.7 Å². The Labute approximate surface area is 196 Å². The van der Waals surface area contributed by atoms with Gasteiger partial charge in [0.15, 0.2) is 22.7 Å². The van der Waals surface area contributed by atoms with Gasteiger partial charge in [0.05, 0.1) is 13.2 Å². The molecule has 0 bridgehead atoms. The minimum Gasteiger partial charge on any atom is -0.462 e. The van der Waals surface area contributed by atoms with Gasteiger partial charge in [-0.15, -0.1) is 0 Å². The first-order valence-electron chi connectivity index (χ1n) is 10.7. The molecule has 2 aromatic carbocycles. The predicted molar refractivity (Wildman–Crippen MR) is 121 cm³/mol. The van der Waals surface area contributed by atoms with Crippen LogP contribution in [0.3, 0.4) is 0 Å². The standard InChI is InChI=1S/C26H24O8/c1-5-31-25(29)19-21(27)24(34-18-12-8-10-16(4)14-18)20(26(30)32-6-2)22(28)23(19)33-17-11-7-9-15(3)13-17/h7-14H,5-6H2,1-4H3. The molecule has 0 aromatic heterocycles. The van der Waals surface area contributed by atoms with E-state index in [1.54, 1.807) is 76.2 Å². The molecule has 0 heterocycles. The van der Waals surface area contributed by atoms with Crippen LogP contribution in [0.25, 0.3) is 0 Å². The van der Waals surface area contributed by atoms with E-state index < -0.39 is 46.2 Å². The minimum atomic E-state index is -1.07. The second-order valence-electron chi connectivity index (χ2n) is 7.34. The second kappa shape index (κ2) is 10.6. The molecule has 8 nitrogen and oxygen atoms in total. The third-order valence-electron chi connectivity index (χ3n) is 4.70. The van der Waals surface area contributed by atoms with Gasteiger partial charge in [0.1, 0.15) is 11.5 Å². The molecule has 0 atom stereocenters. The summed E-state index contributed by atoms with van der Waals surface area (Å²) in [4.78, 5) is 52.5. The summed E-state index contributed by atoms with van der Waals surface area (Å²) in [6.07, 6.45) is 0. The normalized spacial score (nSPS) is 13.6. The molecule has 0 radical (unpaired) electrons. The van der Waals surface area contributed by atoms with Crippen molar-refractivity contribution in [3.8, 4) is 11.5 Å². The van der Waals surface area contributed by atoms with Crippen molar-refractivity contribution < 1.29 is 38.1 Å². The van der Waals surface area contributed by atoms with E-state index in [9.17, 15) is 19.2 Å². The minimum absolute atomic E-state index is 0.0515. The van der Waals surface area contributed by atoms with Gasteiger partial charge in [-0.05, 0) is 63.1 Å². The van der Waals surface area contributed by atoms with E-state index in [2.05, 4.69) is 0 Å². The van der Waals surface area contributed by atoms with Gasteiger partial charge in [-0.3, -0.25) is 9.59 Å². The lowest BCUT2D eigenvalue weighted by molar-refractivity contribution is -0.143. The largest absolute Gasteiger partial charge is 0.462 e. The molecule has 0 saturated heterocycles. The van der Waals surface area contributed by atoms with Crippen molar-refractivity contribution in [2.24, 2.45) is 0 Å². The topological polar surface area (TPSA) is 105 Å². The van der Waals surface area contributed by atoms with Gasteiger partial charge < -0.3 is 18.9 Å².